The van der Waals surface area contributed by atoms with Crippen molar-refractivity contribution in [3.63, 3.8) is 0 Å². The van der Waals surface area contributed by atoms with E-state index in [4.69, 9.17) is 21.3 Å². The SMILES string of the molecule is O=C(CC1CSC(c2cc3cc(Cl)cc(NC4CCCC4)c3[nH]2)=N1)NCCCN1CCOCC1. The van der Waals surface area contributed by atoms with Gasteiger partial charge in [0.25, 0.3) is 0 Å². The van der Waals surface area contributed by atoms with Crippen LogP contribution in [0.3, 0.4) is 0 Å². The highest BCUT2D eigenvalue weighted by Gasteiger charge is 2.24. The number of morpholine rings is 1. The van der Waals surface area contributed by atoms with Gasteiger partial charge in [0, 0.05) is 48.3 Å². The number of aromatic nitrogens is 1. The molecular weight excluding hydrogens is 470 g/mol. The van der Waals surface area contributed by atoms with Gasteiger partial charge in [-0.25, -0.2) is 0 Å². The van der Waals surface area contributed by atoms with Crippen LogP contribution in [0.25, 0.3) is 10.9 Å². The van der Waals surface area contributed by atoms with Crippen molar-refractivity contribution in [1.82, 2.24) is 15.2 Å². The van der Waals surface area contributed by atoms with Crippen LogP contribution < -0.4 is 10.6 Å². The lowest BCUT2D eigenvalue weighted by atomic mass is 10.2. The van der Waals surface area contributed by atoms with Gasteiger partial charge >= 0.3 is 0 Å². The summed E-state index contributed by atoms with van der Waals surface area (Å²) in [6.07, 6.45) is 6.40. The molecule has 3 heterocycles. The van der Waals surface area contributed by atoms with Gasteiger partial charge in [0.05, 0.1) is 36.2 Å². The molecule has 5 rings (SSSR count). The van der Waals surface area contributed by atoms with Crippen LogP contribution in [-0.2, 0) is 9.53 Å². The number of anilines is 1. The number of hydrogen-bond acceptors (Lipinski definition) is 6. The molecule has 0 spiro atoms. The first-order chi connectivity index (χ1) is 16.6. The van der Waals surface area contributed by atoms with Crippen LogP contribution in [0.15, 0.2) is 23.2 Å². The average Bonchev–Trinajstić information content (AvgIpc) is 3.58. The molecule has 0 radical (unpaired) electrons. The van der Waals surface area contributed by atoms with Crippen LogP contribution in [0.2, 0.25) is 5.02 Å². The van der Waals surface area contributed by atoms with E-state index in [0.29, 0.717) is 19.0 Å². The molecule has 1 amide bonds. The van der Waals surface area contributed by atoms with Crippen LogP contribution >= 0.6 is 23.4 Å². The summed E-state index contributed by atoms with van der Waals surface area (Å²) < 4.78 is 5.38. The zero-order chi connectivity index (χ0) is 23.3. The number of carbonyl (C=O) groups is 1. The first-order valence-corrected chi connectivity index (χ1v) is 13.9. The van der Waals surface area contributed by atoms with E-state index in [0.717, 1.165) is 77.4 Å². The third-order valence-electron chi connectivity index (χ3n) is 6.85. The van der Waals surface area contributed by atoms with Crippen molar-refractivity contribution in [2.45, 2.75) is 50.6 Å². The van der Waals surface area contributed by atoms with Gasteiger partial charge in [0.15, 0.2) is 0 Å². The molecule has 1 aromatic carbocycles. The molecule has 9 heteroatoms. The lowest BCUT2D eigenvalue weighted by Gasteiger charge is -2.26. The molecule has 1 atom stereocenters. The number of aliphatic imine (C=N–C) groups is 1. The molecule has 1 aliphatic carbocycles. The van der Waals surface area contributed by atoms with Crippen molar-refractivity contribution in [2.75, 3.05) is 50.5 Å². The number of hydrogen-bond donors (Lipinski definition) is 3. The van der Waals surface area contributed by atoms with Crippen molar-refractivity contribution in [3.8, 4) is 0 Å². The topological polar surface area (TPSA) is 81.8 Å². The summed E-state index contributed by atoms with van der Waals surface area (Å²) in [7, 11) is 0. The van der Waals surface area contributed by atoms with E-state index in [2.05, 4.69) is 26.6 Å². The van der Waals surface area contributed by atoms with Gasteiger partial charge in [-0.3, -0.25) is 14.7 Å². The summed E-state index contributed by atoms with van der Waals surface area (Å²) in [5.74, 6) is 0.920. The Morgan fingerprint density at radius 3 is 2.88 bits per heavy atom. The fourth-order valence-electron chi connectivity index (χ4n) is 5.04. The molecule has 1 unspecified atom stereocenters. The summed E-state index contributed by atoms with van der Waals surface area (Å²) in [6, 6.07) is 6.67. The van der Waals surface area contributed by atoms with Crippen molar-refractivity contribution in [2.24, 2.45) is 4.99 Å². The molecule has 184 valence electrons. The summed E-state index contributed by atoms with van der Waals surface area (Å²) >= 11 is 8.13. The number of H-pyrrole nitrogens is 1. The van der Waals surface area contributed by atoms with Crippen LogP contribution in [0.5, 0.6) is 0 Å². The highest BCUT2D eigenvalue weighted by Crippen LogP contribution is 2.33. The minimum Gasteiger partial charge on any atom is -0.381 e. The maximum Gasteiger partial charge on any atom is 0.222 e. The number of carbonyl (C=O) groups excluding carboxylic acids is 1. The number of benzene rings is 1. The van der Waals surface area contributed by atoms with Gasteiger partial charge in [-0.1, -0.05) is 24.4 Å². The molecule has 2 aliphatic heterocycles. The normalized spacial score (nSPS) is 21.8. The van der Waals surface area contributed by atoms with Gasteiger partial charge < -0.3 is 20.4 Å². The Balaban J connectivity index is 1.15. The minimum atomic E-state index is 0.0188. The van der Waals surface area contributed by atoms with Crippen LogP contribution in [0.1, 0.15) is 44.2 Å². The van der Waals surface area contributed by atoms with Crippen molar-refractivity contribution >= 4 is 50.9 Å². The maximum atomic E-state index is 12.4. The third kappa shape index (κ3) is 6.08. The molecular formula is C25H34ClN5O2S. The molecule has 1 saturated heterocycles. The largest absolute Gasteiger partial charge is 0.381 e. The Kier molecular flexibility index (Phi) is 7.99. The number of thioether (sulfide) groups is 1. The van der Waals surface area contributed by atoms with E-state index in [-0.39, 0.29) is 11.9 Å². The van der Waals surface area contributed by atoms with Crippen molar-refractivity contribution in [3.05, 3.63) is 28.9 Å². The highest BCUT2D eigenvalue weighted by atomic mass is 35.5. The number of nitrogens with zero attached hydrogens (tertiary/aromatic N) is 2. The Morgan fingerprint density at radius 1 is 1.24 bits per heavy atom. The lowest BCUT2D eigenvalue weighted by Crippen LogP contribution is -2.38. The zero-order valence-corrected chi connectivity index (χ0v) is 21.1. The fraction of sp³-hybridized carbons (Fsp3) is 0.600. The highest BCUT2D eigenvalue weighted by molar-refractivity contribution is 8.14. The monoisotopic (exact) mass is 503 g/mol. The van der Waals surface area contributed by atoms with Crippen LogP contribution in [0.4, 0.5) is 5.69 Å². The second-order valence-corrected chi connectivity index (χ2v) is 10.9. The minimum absolute atomic E-state index is 0.0188. The number of ether oxygens (including phenoxy) is 1. The predicted molar refractivity (Wildman–Crippen MR) is 141 cm³/mol. The van der Waals surface area contributed by atoms with E-state index in [9.17, 15) is 4.79 Å². The Bertz CT molecular complexity index is 1030. The molecule has 0 bridgehead atoms. The first kappa shape index (κ1) is 24.0. The zero-order valence-electron chi connectivity index (χ0n) is 19.6. The maximum absolute atomic E-state index is 12.4. The number of nitrogens with one attached hydrogen (secondary N) is 3. The summed E-state index contributed by atoms with van der Waals surface area (Å²) in [5, 5.41) is 9.56. The molecule has 2 fully saturated rings. The molecule has 1 saturated carbocycles. The second-order valence-electron chi connectivity index (χ2n) is 9.49. The third-order valence-corrected chi connectivity index (χ3v) is 8.22. The molecule has 1 aromatic heterocycles. The van der Waals surface area contributed by atoms with Crippen LogP contribution in [-0.4, -0.2) is 78.1 Å². The Hall–Kier alpha value is -1.74. The van der Waals surface area contributed by atoms with E-state index >= 15 is 0 Å². The predicted octanol–water partition coefficient (Wildman–Crippen LogP) is 4.27. The number of aromatic amines is 1. The molecule has 34 heavy (non-hydrogen) atoms. The van der Waals surface area contributed by atoms with Crippen LogP contribution in [0, 0.1) is 0 Å². The second kappa shape index (κ2) is 11.3. The van der Waals surface area contributed by atoms with Gasteiger partial charge in [-0.2, -0.15) is 0 Å². The summed E-state index contributed by atoms with van der Waals surface area (Å²) in [4.78, 5) is 23.2. The number of rotatable bonds is 9. The van der Waals surface area contributed by atoms with E-state index in [1.165, 1.54) is 25.7 Å². The molecule has 3 N–H and O–H groups in total. The number of fused-ring (bicyclic) bond motifs is 1. The van der Waals surface area contributed by atoms with E-state index in [1.807, 2.05) is 12.1 Å². The molecule has 3 aliphatic rings. The van der Waals surface area contributed by atoms with Gasteiger partial charge in [0.2, 0.25) is 5.91 Å². The first-order valence-electron chi connectivity index (χ1n) is 12.5. The average molecular weight is 504 g/mol. The smallest absolute Gasteiger partial charge is 0.222 e. The number of amides is 1. The summed E-state index contributed by atoms with van der Waals surface area (Å²) in [5.41, 5.74) is 3.15. The Labute approximate surface area is 210 Å². The summed E-state index contributed by atoms with van der Waals surface area (Å²) in [6.45, 7) is 5.33. The molecule has 7 nitrogen and oxygen atoms in total. The number of halogens is 1. The fourth-order valence-corrected chi connectivity index (χ4v) is 6.29. The van der Waals surface area contributed by atoms with Gasteiger partial charge in [-0.05, 0) is 44.0 Å². The quantitative estimate of drug-likeness (QED) is 0.445. The van der Waals surface area contributed by atoms with Gasteiger partial charge in [0.1, 0.15) is 5.04 Å². The van der Waals surface area contributed by atoms with Gasteiger partial charge in [-0.15, -0.1) is 11.8 Å². The van der Waals surface area contributed by atoms with Crippen molar-refractivity contribution in [1.29, 1.82) is 0 Å². The Morgan fingerprint density at radius 2 is 2.06 bits per heavy atom. The van der Waals surface area contributed by atoms with E-state index < -0.39 is 0 Å². The standard InChI is InChI=1S/C25H34ClN5O2S/c26-18-12-17-13-22(30-24(17)21(14-18)28-19-4-1-2-5-19)25-29-20(16-34-25)15-23(32)27-6-3-7-31-8-10-33-11-9-31/h12-14,19-20,28,30H,1-11,15-16H2,(H,27,32). The molecule has 2 aromatic rings. The lowest BCUT2D eigenvalue weighted by molar-refractivity contribution is -0.121. The van der Waals surface area contributed by atoms with Crippen molar-refractivity contribution < 1.29 is 9.53 Å². The van der Waals surface area contributed by atoms with E-state index in [1.54, 1.807) is 11.8 Å².